The molecule has 11 heavy (non-hydrogen) atoms. The van der Waals surface area contributed by atoms with Crippen molar-refractivity contribution < 1.29 is 14.6 Å². The standard InChI is InChI=1S/C8H16O3/c1-7(2)8(3,4)11-6(5-9)10-7/h6,9H,5H2,1-4H3. The van der Waals surface area contributed by atoms with Crippen LogP contribution in [-0.4, -0.2) is 29.2 Å². The molecule has 0 saturated carbocycles. The Hall–Kier alpha value is -0.120. The number of aliphatic hydroxyl groups is 1. The molecular formula is C8H16O3. The third-order valence-corrected chi connectivity index (χ3v) is 2.45. The zero-order valence-electron chi connectivity index (χ0n) is 7.55. The average Bonchev–Trinajstić information content (AvgIpc) is 2.03. The van der Waals surface area contributed by atoms with Crippen LogP contribution in [0.4, 0.5) is 0 Å². The molecular weight excluding hydrogens is 144 g/mol. The number of hydrogen-bond donors (Lipinski definition) is 1. The molecule has 0 aromatic heterocycles. The zero-order chi connectivity index (χ0) is 8.70. The van der Waals surface area contributed by atoms with E-state index in [0.717, 1.165) is 0 Å². The van der Waals surface area contributed by atoms with Gasteiger partial charge in [0.05, 0.1) is 17.8 Å². The van der Waals surface area contributed by atoms with Gasteiger partial charge in [-0.2, -0.15) is 0 Å². The van der Waals surface area contributed by atoms with E-state index in [1.54, 1.807) is 0 Å². The van der Waals surface area contributed by atoms with Gasteiger partial charge in [0.1, 0.15) is 0 Å². The van der Waals surface area contributed by atoms with Gasteiger partial charge in [-0.1, -0.05) is 0 Å². The van der Waals surface area contributed by atoms with Crippen LogP contribution >= 0.6 is 0 Å². The summed E-state index contributed by atoms with van der Waals surface area (Å²) in [6.07, 6.45) is -0.458. The summed E-state index contributed by atoms with van der Waals surface area (Å²) in [5.41, 5.74) is -0.638. The van der Waals surface area contributed by atoms with Crippen molar-refractivity contribution in [2.24, 2.45) is 0 Å². The van der Waals surface area contributed by atoms with E-state index < -0.39 is 6.29 Å². The summed E-state index contributed by atoms with van der Waals surface area (Å²) in [5, 5.41) is 8.78. The molecule has 1 fully saturated rings. The molecule has 0 aromatic carbocycles. The molecule has 1 N–H and O–H groups in total. The summed E-state index contributed by atoms with van der Waals surface area (Å²) < 4.78 is 10.9. The highest BCUT2D eigenvalue weighted by Gasteiger charge is 2.48. The fraction of sp³-hybridized carbons (Fsp3) is 1.00. The van der Waals surface area contributed by atoms with E-state index in [2.05, 4.69) is 0 Å². The van der Waals surface area contributed by atoms with Crippen molar-refractivity contribution in [3.8, 4) is 0 Å². The Morgan fingerprint density at radius 2 is 1.45 bits per heavy atom. The molecule has 0 spiro atoms. The first-order valence-electron chi connectivity index (χ1n) is 3.85. The first-order valence-corrected chi connectivity index (χ1v) is 3.85. The second kappa shape index (κ2) is 2.44. The number of rotatable bonds is 1. The van der Waals surface area contributed by atoms with Gasteiger partial charge in [0.15, 0.2) is 6.29 Å². The Balaban J connectivity index is 2.72. The summed E-state index contributed by atoms with van der Waals surface area (Å²) in [5.74, 6) is 0. The maximum absolute atomic E-state index is 8.78. The summed E-state index contributed by atoms with van der Waals surface area (Å²) in [4.78, 5) is 0. The van der Waals surface area contributed by atoms with E-state index in [-0.39, 0.29) is 17.8 Å². The smallest absolute Gasteiger partial charge is 0.182 e. The van der Waals surface area contributed by atoms with Crippen molar-refractivity contribution >= 4 is 0 Å². The molecule has 0 aliphatic carbocycles. The molecule has 1 rings (SSSR count). The predicted octanol–water partition coefficient (Wildman–Crippen LogP) is 0.909. The van der Waals surface area contributed by atoms with E-state index in [0.29, 0.717) is 0 Å². The molecule has 3 heteroatoms. The lowest BCUT2D eigenvalue weighted by molar-refractivity contribution is -0.112. The minimum absolute atomic E-state index is 0.0765. The highest BCUT2D eigenvalue weighted by atomic mass is 16.8. The van der Waals surface area contributed by atoms with Crippen molar-refractivity contribution in [2.45, 2.75) is 45.2 Å². The number of ether oxygens (including phenoxy) is 2. The summed E-state index contributed by atoms with van der Waals surface area (Å²) in [7, 11) is 0. The Morgan fingerprint density at radius 1 is 1.09 bits per heavy atom. The molecule has 1 aliphatic rings. The maximum Gasteiger partial charge on any atom is 0.182 e. The predicted molar refractivity (Wildman–Crippen MR) is 41.2 cm³/mol. The number of aliphatic hydroxyl groups excluding tert-OH is 1. The molecule has 1 aliphatic heterocycles. The van der Waals surface area contributed by atoms with E-state index in [1.807, 2.05) is 27.7 Å². The zero-order valence-corrected chi connectivity index (χ0v) is 7.55. The molecule has 0 radical (unpaired) electrons. The minimum Gasteiger partial charge on any atom is -0.391 e. The maximum atomic E-state index is 8.78. The summed E-state index contributed by atoms with van der Waals surface area (Å²) in [6, 6.07) is 0. The monoisotopic (exact) mass is 160 g/mol. The molecule has 1 saturated heterocycles. The van der Waals surface area contributed by atoms with Crippen LogP contribution in [0.25, 0.3) is 0 Å². The lowest BCUT2D eigenvalue weighted by Crippen LogP contribution is -2.41. The van der Waals surface area contributed by atoms with Crippen molar-refractivity contribution in [2.75, 3.05) is 6.61 Å². The lowest BCUT2D eigenvalue weighted by Gasteiger charge is -2.30. The normalized spacial score (nSPS) is 29.2. The number of hydrogen-bond acceptors (Lipinski definition) is 3. The topological polar surface area (TPSA) is 38.7 Å². The van der Waals surface area contributed by atoms with E-state index in [4.69, 9.17) is 14.6 Å². The summed E-state index contributed by atoms with van der Waals surface area (Å²) in [6.45, 7) is 7.77. The SMILES string of the molecule is CC1(C)OC(CO)OC1(C)C. The van der Waals surface area contributed by atoms with Crippen LogP contribution in [0.1, 0.15) is 27.7 Å². The third-order valence-electron chi connectivity index (χ3n) is 2.45. The van der Waals surface area contributed by atoms with Gasteiger partial charge < -0.3 is 14.6 Å². The van der Waals surface area contributed by atoms with Crippen molar-refractivity contribution in [3.05, 3.63) is 0 Å². The Bertz CT molecular complexity index is 135. The van der Waals surface area contributed by atoms with Gasteiger partial charge in [0.2, 0.25) is 0 Å². The van der Waals surface area contributed by atoms with Crippen LogP contribution in [0.15, 0.2) is 0 Å². The lowest BCUT2D eigenvalue weighted by atomic mass is 9.90. The quantitative estimate of drug-likeness (QED) is 0.619. The second-order valence-corrected chi connectivity index (χ2v) is 3.87. The fourth-order valence-corrected chi connectivity index (χ4v) is 1.04. The first-order chi connectivity index (χ1) is 4.89. The van der Waals surface area contributed by atoms with Crippen LogP contribution in [0.5, 0.6) is 0 Å². The summed E-state index contributed by atoms with van der Waals surface area (Å²) >= 11 is 0. The van der Waals surface area contributed by atoms with Gasteiger partial charge in [-0.15, -0.1) is 0 Å². The van der Waals surface area contributed by atoms with E-state index in [1.165, 1.54) is 0 Å². The molecule has 66 valence electrons. The Kier molecular flexibility index (Phi) is 1.99. The average molecular weight is 160 g/mol. The molecule has 3 nitrogen and oxygen atoms in total. The van der Waals surface area contributed by atoms with Gasteiger partial charge in [-0.05, 0) is 27.7 Å². The van der Waals surface area contributed by atoms with Crippen molar-refractivity contribution in [1.29, 1.82) is 0 Å². The molecule has 0 bridgehead atoms. The molecule has 0 amide bonds. The van der Waals surface area contributed by atoms with Crippen LogP contribution in [-0.2, 0) is 9.47 Å². The van der Waals surface area contributed by atoms with E-state index >= 15 is 0 Å². The Labute approximate surface area is 67.3 Å². The second-order valence-electron chi connectivity index (χ2n) is 3.87. The molecule has 0 atom stereocenters. The fourth-order valence-electron chi connectivity index (χ4n) is 1.04. The minimum atomic E-state index is -0.458. The molecule has 0 aromatic rings. The molecule has 1 heterocycles. The highest BCUT2D eigenvalue weighted by molar-refractivity contribution is 4.94. The van der Waals surface area contributed by atoms with Crippen LogP contribution < -0.4 is 0 Å². The van der Waals surface area contributed by atoms with Crippen molar-refractivity contribution in [3.63, 3.8) is 0 Å². The van der Waals surface area contributed by atoms with Crippen LogP contribution in [0.3, 0.4) is 0 Å². The van der Waals surface area contributed by atoms with Crippen LogP contribution in [0.2, 0.25) is 0 Å². The van der Waals surface area contributed by atoms with Crippen LogP contribution in [0, 0.1) is 0 Å². The largest absolute Gasteiger partial charge is 0.391 e. The third kappa shape index (κ3) is 1.41. The van der Waals surface area contributed by atoms with E-state index in [9.17, 15) is 0 Å². The van der Waals surface area contributed by atoms with Gasteiger partial charge in [-0.3, -0.25) is 0 Å². The Morgan fingerprint density at radius 3 is 1.64 bits per heavy atom. The van der Waals surface area contributed by atoms with Gasteiger partial charge >= 0.3 is 0 Å². The van der Waals surface area contributed by atoms with Gasteiger partial charge in [-0.25, -0.2) is 0 Å². The van der Waals surface area contributed by atoms with Gasteiger partial charge in [0.25, 0.3) is 0 Å². The first kappa shape index (κ1) is 8.97. The van der Waals surface area contributed by atoms with Crippen molar-refractivity contribution in [1.82, 2.24) is 0 Å². The molecule has 0 unspecified atom stereocenters. The van der Waals surface area contributed by atoms with Gasteiger partial charge in [0, 0.05) is 0 Å². The highest BCUT2D eigenvalue weighted by Crippen LogP contribution is 2.37.